The number of alkyl halides is 3. The second kappa shape index (κ2) is 10.0. The zero-order valence-electron chi connectivity index (χ0n) is 15.7. The van der Waals surface area contributed by atoms with E-state index in [1.54, 1.807) is 25.2 Å². The minimum Gasteiger partial charge on any atom is -0.376 e. The zero-order chi connectivity index (χ0) is 19.9. The molecule has 0 bridgehead atoms. The molecule has 1 aromatic rings. The van der Waals surface area contributed by atoms with Crippen molar-refractivity contribution in [1.29, 1.82) is 0 Å². The highest BCUT2D eigenvalue weighted by Crippen LogP contribution is 2.36. The molecule has 1 fully saturated rings. The van der Waals surface area contributed by atoms with Gasteiger partial charge in [-0.05, 0) is 45.1 Å². The minimum absolute atomic E-state index is 0.0243. The van der Waals surface area contributed by atoms with Crippen LogP contribution in [0, 0.1) is 5.82 Å². The quantitative estimate of drug-likeness (QED) is 0.426. The largest absolute Gasteiger partial charge is 0.419 e. The second-order valence-corrected chi connectivity index (χ2v) is 6.49. The van der Waals surface area contributed by atoms with Gasteiger partial charge >= 0.3 is 6.18 Å². The van der Waals surface area contributed by atoms with E-state index < -0.39 is 17.6 Å². The van der Waals surface area contributed by atoms with Crippen molar-refractivity contribution in [2.45, 2.75) is 57.9 Å². The number of aryl methyl sites for hydroxylation is 1. The van der Waals surface area contributed by atoms with Gasteiger partial charge in [0.2, 0.25) is 0 Å². The van der Waals surface area contributed by atoms with Gasteiger partial charge in [0.05, 0.1) is 24.4 Å². The molecule has 0 aliphatic carbocycles. The molecule has 27 heavy (non-hydrogen) atoms. The average molecular weight is 386 g/mol. The van der Waals surface area contributed by atoms with Crippen LogP contribution in [-0.2, 0) is 22.1 Å². The van der Waals surface area contributed by atoms with Gasteiger partial charge in [-0.15, -0.1) is 0 Å². The van der Waals surface area contributed by atoms with E-state index in [-0.39, 0.29) is 29.8 Å². The first-order valence-electron chi connectivity index (χ1n) is 9.28. The summed E-state index contributed by atoms with van der Waals surface area (Å²) in [5.74, 6) is -1.22. The second-order valence-electron chi connectivity index (χ2n) is 6.49. The fourth-order valence-electron chi connectivity index (χ4n) is 3.16. The van der Waals surface area contributed by atoms with E-state index in [1.165, 1.54) is 18.2 Å². The molecule has 1 aromatic carbocycles. The summed E-state index contributed by atoms with van der Waals surface area (Å²) in [5, 5.41) is 0. The van der Waals surface area contributed by atoms with Crippen LogP contribution in [0.2, 0.25) is 0 Å². The number of hydrogen-bond acceptors (Lipinski definition) is 2. The number of benzene rings is 1. The first-order valence-corrected chi connectivity index (χ1v) is 9.28. The molecule has 0 aromatic heterocycles. The third kappa shape index (κ3) is 6.18. The molecule has 6 heteroatoms. The highest BCUT2D eigenvalue weighted by atomic mass is 19.4. The number of ether oxygens (including phenoxy) is 2. The molecular weight excluding hydrogens is 360 g/mol. The Kier molecular flexibility index (Phi) is 8.05. The minimum atomic E-state index is -4.73. The molecule has 2 nitrogen and oxygen atoms in total. The summed E-state index contributed by atoms with van der Waals surface area (Å²) in [5.41, 5.74) is -1.27. The van der Waals surface area contributed by atoms with Gasteiger partial charge in [-0.3, -0.25) is 0 Å². The van der Waals surface area contributed by atoms with Crippen LogP contribution in [0.1, 0.15) is 49.8 Å². The summed E-state index contributed by atoms with van der Waals surface area (Å²) in [6.45, 7) is 4.75. The Labute approximate surface area is 157 Å². The first kappa shape index (κ1) is 21.6. The van der Waals surface area contributed by atoms with Gasteiger partial charge in [0.1, 0.15) is 5.82 Å². The molecule has 1 aliphatic heterocycles. The molecule has 2 unspecified atom stereocenters. The molecule has 0 spiro atoms. The lowest BCUT2D eigenvalue weighted by molar-refractivity contribution is -0.140. The summed E-state index contributed by atoms with van der Waals surface area (Å²) >= 11 is 0. The fourth-order valence-corrected chi connectivity index (χ4v) is 3.16. The van der Waals surface area contributed by atoms with Crippen molar-refractivity contribution in [2.75, 3.05) is 13.2 Å². The Morgan fingerprint density at radius 1 is 1.26 bits per heavy atom. The maximum atomic E-state index is 14.6. The van der Waals surface area contributed by atoms with Crippen molar-refractivity contribution in [2.24, 2.45) is 0 Å². The molecule has 0 radical (unpaired) electrons. The number of allylic oxidation sites excluding steroid dienone is 2. The van der Waals surface area contributed by atoms with Gasteiger partial charge in [0, 0.05) is 12.2 Å². The molecule has 150 valence electrons. The van der Waals surface area contributed by atoms with E-state index in [0.29, 0.717) is 26.1 Å². The lowest BCUT2D eigenvalue weighted by atomic mass is 9.97. The third-order valence-electron chi connectivity index (χ3n) is 4.52. The number of halogens is 4. The lowest BCUT2D eigenvalue weighted by Gasteiger charge is -2.27. The van der Waals surface area contributed by atoms with Crippen molar-refractivity contribution in [3.63, 3.8) is 0 Å². The molecule has 1 aliphatic rings. The van der Waals surface area contributed by atoms with Gasteiger partial charge in [-0.1, -0.05) is 36.4 Å². The molecule has 2 rings (SSSR count). The fraction of sp³-hybridized carbons (Fsp3) is 0.524. The first-order chi connectivity index (χ1) is 12.9. The summed E-state index contributed by atoms with van der Waals surface area (Å²) in [7, 11) is 0. The van der Waals surface area contributed by atoms with Gasteiger partial charge in [-0.2, -0.15) is 13.2 Å². The van der Waals surface area contributed by atoms with Crippen LogP contribution in [0.5, 0.6) is 0 Å². The van der Waals surface area contributed by atoms with Crippen LogP contribution >= 0.6 is 0 Å². The van der Waals surface area contributed by atoms with Crippen LogP contribution in [0.25, 0.3) is 6.08 Å². The standard InChI is InChI=1S/C21H26F4O2/c1-3-5-6-7-15-8-9-16(20(22)19(15)21(23,24)25)10-11-17-12-13-18(14-27-17)26-4-2/h3,5,8-11,17-18H,4,6-7,12-14H2,1-2H3/b5-3+,11-10+. The van der Waals surface area contributed by atoms with Crippen molar-refractivity contribution >= 4 is 6.08 Å². The Morgan fingerprint density at radius 2 is 2.04 bits per heavy atom. The van der Waals surface area contributed by atoms with E-state index in [1.807, 2.05) is 6.92 Å². The summed E-state index contributed by atoms with van der Waals surface area (Å²) in [4.78, 5) is 0. The van der Waals surface area contributed by atoms with E-state index in [2.05, 4.69) is 0 Å². The van der Waals surface area contributed by atoms with E-state index >= 15 is 0 Å². The van der Waals surface area contributed by atoms with Crippen molar-refractivity contribution in [3.05, 3.63) is 52.9 Å². The van der Waals surface area contributed by atoms with Crippen molar-refractivity contribution in [3.8, 4) is 0 Å². The molecule has 0 amide bonds. The molecule has 0 N–H and O–H groups in total. The van der Waals surface area contributed by atoms with Crippen LogP contribution in [0.3, 0.4) is 0 Å². The van der Waals surface area contributed by atoms with Crippen molar-refractivity contribution in [1.82, 2.24) is 0 Å². The topological polar surface area (TPSA) is 18.5 Å². The molecular formula is C21H26F4O2. The Morgan fingerprint density at radius 3 is 2.63 bits per heavy atom. The number of hydrogen-bond donors (Lipinski definition) is 0. The van der Waals surface area contributed by atoms with Crippen LogP contribution in [0.4, 0.5) is 17.6 Å². The monoisotopic (exact) mass is 386 g/mol. The Bertz CT molecular complexity index is 657. The summed E-state index contributed by atoms with van der Waals surface area (Å²) in [6, 6.07) is 2.76. The van der Waals surface area contributed by atoms with Gasteiger partial charge in [0.25, 0.3) is 0 Å². The van der Waals surface area contributed by atoms with E-state index in [9.17, 15) is 17.6 Å². The Hall–Kier alpha value is -1.66. The Balaban J connectivity index is 2.15. The summed E-state index contributed by atoms with van der Waals surface area (Å²) < 4.78 is 65.9. The summed E-state index contributed by atoms with van der Waals surface area (Å²) in [6.07, 6.45) is 3.68. The SMILES string of the molecule is C/C=C/CCc1ccc(/C=C/C2CCC(OCC)CO2)c(F)c1C(F)(F)F. The maximum Gasteiger partial charge on any atom is 0.419 e. The smallest absolute Gasteiger partial charge is 0.376 e. The van der Waals surface area contributed by atoms with Crippen LogP contribution in [0.15, 0.2) is 30.4 Å². The van der Waals surface area contributed by atoms with Crippen LogP contribution in [-0.4, -0.2) is 25.4 Å². The molecule has 1 heterocycles. The lowest BCUT2D eigenvalue weighted by Crippen LogP contribution is -2.30. The van der Waals surface area contributed by atoms with Gasteiger partial charge < -0.3 is 9.47 Å². The number of rotatable bonds is 7. The maximum absolute atomic E-state index is 14.6. The molecule has 2 atom stereocenters. The predicted octanol–water partition coefficient (Wildman–Crippen LogP) is 5.95. The van der Waals surface area contributed by atoms with Crippen LogP contribution < -0.4 is 0 Å². The third-order valence-corrected chi connectivity index (χ3v) is 4.52. The highest BCUT2D eigenvalue weighted by Gasteiger charge is 2.37. The van der Waals surface area contributed by atoms with Gasteiger partial charge in [-0.25, -0.2) is 4.39 Å². The normalized spacial score (nSPS) is 21.4. The highest BCUT2D eigenvalue weighted by molar-refractivity contribution is 5.54. The average Bonchev–Trinajstić information content (AvgIpc) is 2.61. The van der Waals surface area contributed by atoms with Gasteiger partial charge in [0.15, 0.2) is 0 Å². The van der Waals surface area contributed by atoms with E-state index in [0.717, 1.165) is 6.42 Å². The molecule has 0 saturated carbocycles. The predicted molar refractivity (Wildman–Crippen MR) is 98.0 cm³/mol. The van der Waals surface area contributed by atoms with Crippen molar-refractivity contribution < 1.29 is 27.0 Å². The molecule has 1 saturated heterocycles. The van der Waals surface area contributed by atoms with E-state index in [4.69, 9.17) is 9.47 Å². The zero-order valence-corrected chi connectivity index (χ0v) is 15.7.